The number of nitrogens with two attached hydrogens (primary N) is 1. The number of benzene rings is 2. The zero-order chi connectivity index (χ0) is 15.9. The van der Waals surface area contributed by atoms with Gasteiger partial charge in [0.15, 0.2) is 0 Å². The molecule has 0 unspecified atom stereocenters. The van der Waals surface area contributed by atoms with Crippen LogP contribution in [0.1, 0.15) is 11.1 Å². The van der Waals surface area contributed by atoms with Gasteiger partial charge in [-0.3, -0.25) is 0 Å². The van der Waals surface area contributed by atoms with Crippen molar-refractivity contribution < 1.29 is 17.2 Å². The molecule has 0 bridgehead atoms. The van der Waals surface area contributed by atoms with Crippen molar-refractivity contribution in [2.24, 2.45) is 5.14 Å². The first-order valence-electron chi connectivity index (χ1n) is 6.70. The molecular weight excluding hydrogens is 310 g/mol. The van der Waals surface area contributed by atoms with Gasteiger partial charge in [0.1, 0.15) is 11.6 Å². The van der Waals surface area contributed by atoms with E-state index in [0.29, 0.717) is 29.8 Å². The second-order valence-corrected chi connectivity index (χ2v) is 6.74. The molecule has 2 aromatic carbocycles. The molecule has 0 fully saturated rings. The first-order valence-corrected chi connectivity index (χ1v) is 8.24. The van der Waals surface area contributed by atoms with Crippen molar-refractivity contribution >= 4 is 15.7 Å². The van der Waals surface area contributed by atoms with Crippen molar-refractivity contribution in [2.45, 2.75) is 17.9 Å². The highest BCUT2D eigenvalue weighted by Crippen LogP contribution is 2.32. The largest absolute Gasteiger partial charge is 0.366 e. The third-order valence-corrected chi connectivity index (χ3v) is 4.76. The van der Waals surface area contributed by atoms with Gasteiger partial charge in [0.05, 0.1) is 4.90 Å². The summed E-state index contributed by atoms with van der Waals surface area (Å²) in [6.45, 7) is 0.719. The highest BCUT2D eigenvalue weighted by molar-refractivity contribution is 7.89. The molecule has 3 rings (SSSR count). The average molecular weight is 324 g/mol. The number of hydrogen-bond acceptors (Lipinski definition) is 3. The molecule has 116 valence electrons. The molecule has 7 heteroatoms. The summed E-state index contributed by atoms with van der Waals surface area (Å²) in [5, 5.41) is 5.21. The molecule has 1 heterocycles. The van der Waals surface area contributed by atoms with Crippen molar-refractivity contribution in [3.05, 3.63) is 59.2 Å². The van der Waals surface area contributed by atoms with Crippen LogP contribution in [0.3, 0.4) is 0 Å². The monoisotopic (exact) mass is 324 g/mol. The van der Waals surface area contributed by atoms with Gasteiger partial charge < -0.3 is 4.90 Å². The molecule has 22 heavy (non-hydrogen) atoms. The van der Waals surface area contributed by atoms with Gasteiger partial charge in [-0.15, -0.1) is 0 Å². The topological polar surface area (TPSA) is 63.4 Å². The van der Waals surface area contributed by atoms with Crippen LogP contribution in [0.2, 0.25) is 0 Å². The van der Waals surface area contributed by atoms with E-state index in [0.717, 1.165) is 6.07 Å². The molecule has 1 aliphatic heterocycles. The number of halogens is 2. The first-order chi connectivity index (χ1) is 10.4. The van der Waals surface area contributed by atoms with Gasteiger partial charge in [-0.25, -0.2) is 22.3 Å². The third-order valence-electron chi connectivity index (χ3n) is 3.75. The molecule has 2 N–H and O–H groups in total. The molecule has 0 saturated heterocycles. The van der Waals surface area contributed by atoms with E-state index in [1.165, 1.54) is 12.1 Å². The molecule has 0 aromatic heterocycles. The molecular formula is C15H14F2N2O2S. The minimum absolute atomic E-state index is 0.0281. The molecule has 2 aromatic rings. The Bertz CT molecular complexity index is 837. The van der Waals surface area contributed by atoms with Gasteiger partial charge in [0.25, 0.3) is 0 Å². The van der Waals surface area contributed by atoms with E-state index in [9.17, 15) is 17.2 Å². The number of anilines is 1. The summed E-state index contributed by atoms with van der Waals surface area (Å²) in [6, 6.07) is 8.49. The highest BCUT2D eigenvalue weighted by Gasteiger charge is 2.25. The highest BCUT2D eigenvalue weighted by atomic mass is 32.2. The minimum Gasteiger partial charge on any atom is -0.366 e. The molecule has 1 aliphatic rings. The van der Waals surface area contributed by atoms with Crippen LogP contribution < -0.4 is 10.0 Å². The lowest BCUT2D eigenvalue weighted by atomic mass is 10.1. The van der Waals surface area contributed by atoms with E-state index < -0.39 is 21.7 Å². The maximum absolute atomic E-state index is 13.7. The van der Waals surface area contributed by atoms with Crippen molar-refractivity contribution in [2.75, 3.05) is 11.4 Å². The van der Waals surface area contributed by atoms with Gasteiger partial charge in [0.2, 0.25) is 10.0 Å². The van der Waals surface area contributed by atoms with Crippen molar-refractivity contribution in [3.8, 4) is 0 Å². The van der Waals surface area contributed by atoms with Crippen LogP contribution >= 0.6 is 0 Å². The summed E-state index contributed by atoms with van der Waals surface area (Å²) in [6.07, 6.45) is 0.457. The molecule has 4 nitrogen and oxygen atoms in total. The quantitative estimate of drug-likeness (QED) is 0.941. The molecule has 0 atom stereocenters. The molecule has 0 aliphatic carbocycles. The normalized spacial score (nSPS) is 14.2. The second-order valence-electron chi connectivity index (χ2n) is 5.21. The van der Waals surface area contributed by atoms with Crippen LogP contribution in [0.5, 0.6) is 0 Å². The number of nitrogens with zero attached hydrogens (tertiary/aromatic N) is 1. The number of sulfonamides is 1. The number of fused-ring (bicyclic) bond motifs is 1. The fraction of sp³-hybridized carbons (Fsp3) is 0.200. The van der Waals surface area contributed by atoms with Crippen LogP contribution in [0, 0.1) is 11.6 Å². The van der Waals surface area contributed by atoms with E-state index in [2.05, 4.69) is 0 Å². The zero-order valence-electron chi connectivity index (χ0n) is 11.6. The maximum Gasteiger partial charge on any atom is 0.238 e. The van der Waals surface area contributed by atoms with E-state index in [-0.39, 0.29) is 11.4 Å². The average Bonchev–Trinajstić information content (AvgIpc) is 2.81. The number of primary sulfonamides is 1. The summed E-state index contributed by atoms with van der Waals surface area (Å²) < 4.78 is 50.4. The van der Waals surface area contributed by atoms with Crippen molar-refractivity contribution in [1.29, 1.82) is 0 Å². The van der Waals surface area contributed by atoms with E-state index in [1.54, 1.807) is 23.1 Å². The standard InChI is InChI=1S/C15H14F2N2O2S/c16-11-7-13(17)12-5-6-19(14(12)8-11)9-10-3-1-2-4-15(10)22(18,20)21/h1-4,7-8H,5-6,9H2,(H2,18,20,21). The van der Waals surface area contributed by atoms with E-state index >= 15 is 0 Å². The number of hydrogen-bond donors (Lipinski definition) is 1. The summed E-state index contributed by atoms with van der Waals surface area (Å²) in [7, 11) is -3.84. The Hall–Kier alpha value is -1.99. The lowest BCUT2D eigenvalue weighted by molar-refractivity contribution is 0.577. The lowest BCUT2D eigenvalue weighted by Crippen LogP contribution is -2.23. The van der Waals surface area contributed by atoms with Gasteiger partial charge in [-0.1, -0.05) is 18.2 Å². The summed E-state index contributed by atoms with van der Waals surface area (Å²) in [4.78, 5) is 1.78. The first kappa shape index (κ1) is 14.9. The maximum atomic E-state index is 13.7. The smallest absolute Gasteiger partial charge is 0.238 e. The Morgan fingerprint density at radius 2 is 1.91 bits per heavy atom. The van der Waals surface area contributed by atoms with Crippen LogP contribution in [-0.2, 0) is 23.0 Å². The summed E-state index contributed by atoms with van der Waals surface area (Å²) in [5.74, 6) is -1.22. The SMILES string of the molecule is NS(=O)(=O)c1ccccc1CN1CCc2c(F)cc(F)cc21. The van der Waals surface area contributed by atoms with E-state index in [4.69, 9.17) is 5.14 Å². The minimum atomic E-state index is -3.84. The summed E-state index contributed by atoms with van der Waals surface area (Å²) >= 11 is 0. The fourth-order valence-electron chi connectivity index (χ4n) is 2.77. The Morgan fingerprint density at radius 3 is 2.64 bits per heavy atom. The summed E-state index contributed by atoms with van der Waals surface area (Å²) in [5.41, 5.74) is 1.42. The van der Waals surface area contributed by atoms with Crippen LogP contribution in [0.4, 0.5) is 14.5 Å². The predicted octanol–water partition coefficient (Wildman–Crippen LogP) is 2.17. The Labute approximate surface area is 127 Å². The van der Waals surface area contributed by atoms with Gasteiger partial charge in [-0.05, 0) is 24.1 Å². The Morgan fingerprint density at radius 1 is 1.18 bits per heavy atom. The number of rotatable bonds is 3. The molecule has 0 saturated carbocycles. The Balaban J connectivity index is 1.99. The van der Waals surface area contributed by atoms with Crippen LogP contribution in [-0.4, -0.2) is 15.0 Å². The molecule has 0 amide bonds. The van der Waals surface area contributed by atoms with E-state index in [1.807, 2.05) is 0 Å². The van der Waals surface area contributed by atoms with Crippen molar-refractivity contribution in [3.63, 3.8) is 0 Å². The van der Waals surface area contributed by atoms with Crippen LogP contribution in [0.15, 0.2) is 41.3 Å². The molecule has 0 radical (unpaired) electrons. The van der Waals surface area contributed by atoms with Crippen molar-refractivity contribution in [1.82, 2.24) is 0 Å². The van der Waals surface area contributed by atoms with Gasteiger partial charge >= 0.3 is 0 Å². The second kappa shape index (κ2) is 5.33. The third kappa shape index (κ3) is 2.69. The molecule has 0 spiro atoms. The Kier molecular flexibility index (Phi) is 3.62. The predicted molar refractivity (Wildman–Crippen MR) is 78.9 cm³/mol. The zero-order valence-corrected chi connectivity index (χ0v) is 12.4. The fourth-order valence-corrected chi connectivity index (χ4v) is 3.53. The van der Waals surface area contributed by atoms with Gasteiger partial charge in [0, 0.05) is 30.4 Å². The lowest BCUT2D eigenvalue weighted by Gasteiger charge is -2.21. The van der Waals surface area contributed by atoms with Crippen LogP contribution in [0.25, 0.3) is 0 Å². The van der Waals surface area contributed by atoms with Gasteiger partial charge in [-0.2, -0.15) is 0 Å².